The van der Waals surface area contributed by atoms with Crippen LogP contribution in [0.15, 0.2) is 34.9 Å². The van der Waals surface area contributed by atoms with Gasteiger partial charge in [-0.05, 0) is 46.1 Å². The van der Waals surface area contributed by atoms with Crippen LogP contribution >= 0.6 is 0 Å². The van der Waals surface area contributed by atoms with Gasteiger partial charge in [0.2, 0.25) is 0 Å². The molecule has 0 saturated carbocycles. The van der Waals surface area contributed by atoms with Crippen molar-refractivity contribution in [1.29, 1.82) is 0 Å². The van der Waals surface area contributed by atoms with Crippen LogP contribution in [-0.4, -0.2) is 58.6 Å². The first-order chi connectivity index (χ1) is 16.2. The lowest BCUT2D eigenvalue weighted by atomic mass is 9.96. The molecule has 1 fully saturated rings. The molecule has 186 valence electrons. The van der Waals surface area contributed by atoms with Gasteiger partial charge in [-0.2, -0.15) is 4.98 Å². The normalized spacial score (nSPS) is 15.6. The van der Waals surface area contributed by atoms with Crippen molar-refractivity contribution >= 4 is 12.2 Å². The molecule has 0 radical (unpaired) electrons. The van der Waals surface area contributed by atoms with Crippen LogP contribution in [0.5, 0.6) is 0 Å². The van der Waals surface area contributed by atoms with Crippen LogP contribution in [0.4, 0.5) is 9.59 Å². The summed E-state index contributed by atoms with van der Waals surface area (Å²) in [5, 5.41) is 6.80. The van der Waals surface area contributed by atoms with E-state index in [2.05, 4.69) is 15.5 Å². The molecular weight excluding hydrogens is 440 g/mol. The summed E-state index contributed by atoms with van der Waals surface area (Å²) in [6, 6.07) is 9.38. The van der Waals surface area contributed by atoms with Gasteiger partial charge in [-0.25, -0.2) is 9.59 Å². The van der Waals surface area contributed by atoms with Crippen LogP contribution in [0, 0.1) is 0 Å². The van der Waals surface area contributed by atoms with Crippen LogP contribution in [-0.2, 0) is 27.4 Å². The Bertz CT molecular complexity index is 919. The molecule has 1 N–H and O–H groups in total. The number of piperidine rings is 1. The van der Waals surface area contributed by atoms with Gasteiger partial charge in [0.25, 0.3) is 5.89 Å². The molecule has 10 nitrogen and oxygen atoms in total. The highest BCUT2D eigenvalue weighted by molar-refractivity contribution is 5.68. The summed E-state index contributed by atoms with van der Waals surface area (Å²) in [5.74, 6) is 1.11. The number of carbonyl (C=O) groups excluding carboxylic acids is 2. The lowest BCUT2D eigenvalue weighted by molar-refractivity contribution is 0.0421. The molecule has 2 heterocycles. The van der Waals surface area contributed by atoms with Crippen LogP contribution in [0.2, 0.25) is 0 Å². The standard InChI is InChI=1S/C24H34N4O6/c1-17(25-22(29)33-24(2,3)4)14-31-16-20-26-21(27-34-20)19-10-12-28(13-11-19)23(30)32-15-18-8-6-5-7-9-18/h5-9,17,19H,10-16H2,1-4H3,(H,25,29)/t17-/m1/s1. The summed E-state index contributed by atoms with van der Waals surface area (Å²) in [6.45, 7) is 9.09. The van der Waals surface area contributed by atoms with Gasteiger partial charge >= 0.3 is 12.2 Å². The second-order valence-electron chi connectivity index (χ2n) is 9.41. The monoisotopic (exact) mass is 474 g/mol. The summed E-state index contributed by atoms with van der Waals surface area (Å²) in [6.07, 6.45) is 0.673. The second kappa shape index (κ2) is 11.8. The van der Waals surface area contributed by atoms with Crippen LogP contribution in [0.3, 0.4) is 0 Å². The Labute approximate surface area is 199 Å². The van der Waals surface area contributed by atoms with Crippen LogP contribution in [0.1, 0.15) is 63.7 Å². The first kappa shape index (κ1) is 25.5. The topological polar surface area (TPSA) is 116 Å². The van der Waals surface area contributed by atoms with E-state index in [1.807, 2.05) is 58.0 Å². The third kappa shape index (κ3) is 8.33. The minimum Gasteiger partial charge on any atom is -0.445 e. The van der Waals surface area contributed by atoms with E-state index in [-0.39, 0.29) is 37.9 Å². The van der Waals surface area contributed by atoms with E-state index in [1.165, 1.54) is 0 Å². The molecule has 1 aliphatic heterocycles. The van der Waals surface area contributed by atoms with E-state index in [1.54, 1.807) is 4.90 Å². The number of hydrogen-bond acceptors (Lipinski definition) is 8. The van der Waals surface area contributed by atoms with E-state index < -0.39 is 11.7 Å². The molecule has 0 bridgehead atoms. The molecule has 0 aliphatic carbocycles. The molecule has 10 heteroatoms. The number of alkyl carbamates (subject to hydrolysis) is 1. The van der Waals surface area contributed by atoms with Crippen LogP contribution in [0.25, 0.3) is 0 Å². The van der Waals surface area contributed by atoms with Gasteiger partial charge in [-0.3, -0.25) is 0 Å². The van der Waals surface area contributed by atoms with Gasteiger partial charge in [0.15, 0.2) is 5.82 Å². The average Bonchev–Trinajstić information content (AvgIpc) is 3.26. The highest BCUT2D eigenvalue weighted by atomic mass is 16.6. The van der Waals surface area contributed by atoms with Crippen molar-refractivity contribution in [3.63, 3.8) is 0 Å². The Hall–Kier alpha value is -3.14. The number of nitrogens with one attached hydrogen (secondary N) is 1. The second-order valence-corrected chi connectivity index (χ2v) is 9.41. The van der Waals surface area contributed by atoms with Crippen LogP contribution < -0.4 is 5.32 Å². The molecule has 2 aromatic rings. The Morgan fingerprint density at radius 1 is 1.18 bits per heavy atom. The Morgan fingerprint density at radius 2 is 1.88 bits per heavy atom. The lowest BCUT2D eigenvalue weighted by Crippen LogP contribution is -2.39. The predicted octanol–water partition coefficient (Wildman–Crippen LogP) is 4.02. The van der Waals surface area contributed by atoms with Crippen molar-refractivity contribution in [2.24, 2.45) is 0 Å². The minimum atomic E-state index is -0.552. The van der Waals surface area contributed by atoms with Crippen molar-refractivity contribution in [2.75, 3.05) is 19.7 Å². The van der Waals surface area contributed by atoms with E-state index in [4.69, 9.17) is 18.7 Å². The third-order valence-electron chi connectivity index (χ3n) is 5.16. The molecule has 1 saturated heterocycles. The first-order valence-electron chi connectivity index (χ1n) is 11.5. The maximum atomic E-state index is 12.3. The van der Waals surface area contributed by atoms with Crippen molar-refractivity contribution in [1.82, 2.24) is 20.4 Å². The third-order valence-corrected chi connectivity index (χ3v) is 5.16. The van der Waals surface area contributed by atoms with Gasteiger partial charge in [0.1, 0.15) is 18.8 Å². The molecular formula is C24H34N4O6. The van der Waals surface area contributed by atoms with E-state index in [0.29, 0.717) is 24.8 Å². The Kier molecular flexibility index (Phi) is 8.86. The molecule has 1 aliphatic rings. The summed E-state index contributed by atoms with van der Waals surface area (Å²) < 4.78 is 21.5. The van der Waals surface area contributed by atoms with Gasteiger partial charge in [0.05, 0.1) is 12.6 Å². The highest BCUT2D eigenvalue weighted by Gasteiger charge is 2.28. The van der Waals surface area contributed by atoms with Crippen molar-refractivity contribution in [3.8, 4) is 0 Å². The summed E-state index contributed by atoms with van der Waals surface area (Å²) >= 11 is 0. The van der Waals surface area contributed by atoms with Crippen molar-refractivity contribution in [3.05, 3.63) is 47.6 Å². The van der Waals surface area contributed by atoms with Gasteiger partial charge in [-0.1, -0.05) is 35.5 Å². The van der Waals surface area contributed by atoms with E-state index in [0.717, 1.165) is 18.4 Å². The number of ether oxygens (including phenoxy) is 3. The maximum Gasteiger partial charge on any atom is 0.410 e. The average molecular weight is 475 g/mol. The lowest BCUT2D eigenvalue weighted by Gasteiger charge is -2.29. The number of amides is 2. The molecule has 34 heavy (non-hydrogen) atoms. The quantitative estimate of drug-likeness (QED) is 0.610. The summed E-state index contributed by atoms with van der Waals surface area (Å²) in [5.41, 5.74) is 0.408. The molecule has 1 aromatic carbocycles. The summed E-state index contributed by atoms with van der Waals surface area (Å²) in [7, 11) is 0. The first-order valence-corrected chi connectivity index (χ1v) is 11.5. The summed E-state index contributed by atoms with van der Waals surface area (Å²) in [4.78, 5) is 30.3. The molecule has 2 amide bonds. The van der Waals surface area contributed by atoms with Crippen molar-refractivity contribution < 1.29 is 28.3 Å². The minimum absolute atomic E-state index is 0.114. The Balaban J connectivity index is 1.35. The highest BCUT2D eigenvalue weighted by Crippen LogP contribution is 2.26. The molecule has 0 unspecified atom stereocenters. The number of nitrogens with zero attached hydrogens (tertiary/aromatic N) is 3. The maximum absolute atomic E-state index is 12.3. The van der Waals surface area contributed by atoms with E-state index >= 15 is 0 Å². The zero-order valence-corrected chi connectivity index (χ0v) is 20.3. The SMILES string of the molecule is C[C@H](COCc1nc(C2CCN(C(=O)OCc3ccccc3)CC2)no1)NC(=O)OC(C)(C)C. The number of carbonyl (C=O) groups is 2. The van der Waals surface area contributed by atoms with E-state index in [9.17, 15) is 9.59 Å². The largest absolute Gasteiger partial charge is 0.445 e. The smallest absolute Gasteiger partial charge is 0.410 e. The Morgan fingerprint density at radius 3 is 2.56 bits per heavy atom. The zero-order valence-electron chi connectivity index (χ0n) is 20.3. The number of rotatable bonds is 8. The fourth-order valence-electron chi connectivity index (χ4n) is 3.50. The van der Waals surface area contributed by atoms with Gasteiger partial charge in [0, 0.05) is 19.0 Å². The van der Waals surface area contributed by atoms with Crippen molar-refractivity contribution in [2.45, 2.75) is 71.3 Å². The number of likely N-dealkylation sites (tertiary alicyclic amines) is 1. The number of aromatic nitrogens is 2. The zero-order chi connectivity index (χ0) is 24.6. The molecule has 3 rings (SSSR count). The predicted molar refractivity (Wildman–Crippen MR) is 123 cm³/mol. The molecule has 1 aromatic heterocycles. The molecule has 0 spiro atoms. The fourth-order valence-corrected chi connectivity index (χ4v) is 3.50. The fraction of sp³-hybridized carbons (Fsp3) is 0.583. The number of hydrogen-bond donors (Lipinski definition) is 1. The number of benzene rings is 1. The molecule has 1 atom stereocenters. The van der Waals surface area contributed by atoms with Gasteiger partial charge < -0.3 is 29.0 Å². The van der Waals surface area contributed by atoms with Gasteiger partial charge in [-0.15, -0.1) is 0 Å².